The van der Waals surface area contributed by atoms with Crippen LogP contribution in [0.4, 0.5) is 0 Å². The third-order valence-corrected chi connectivity index (χ3v) is 6.15. The van der Waals surface area contributed by atoms with Gasteiger partial charge in [0.15, 0.2) is 0 Å². The highest BCUT2D eigenvalue weighted by Gasteiger charge is 2.29. The van der Waals surface area contributed by atoms with Gasteiger partial charge in [0.05, 0.1) is 14.7 Å². The summed E-state index contributed by atoms with van der Waals surface area (Å²) >= 11 is 5.02. The number of hydrogen-bond donors (Lipinski definition) is 0. The van der Waals surface area contributed by atoms with E-state index in [1.807, 2.05) is 17.9 Å². The molecule has 0 aromatic carbocycles. The second kappa shape index (κ2) is 5.04. The zero-order valence-electron chi connectivity index (χ0n) is 11.8. The standard InChI is InChI=1S/C15H17BrN2OS/c1-9-8-13(20-14(9)16)15(19)18-7-6-17-10(2)4-5-12(17)11(18)3/h4-5,8,11H,6-7H2,1-3H3. The molecule has 0 N–H and O–H groups in total. The van der Waals surface area contributed by atoms with Crippen LogP contribution >= 0.6 is 27.3 Å². The molecule has 0 fully saturated rings. The highest BCUT2D eigenvalue weighted by atomic mass is 79.9. The molecule has 106 valence electrons. The van der Waals surface area contributed by atoms with Gasteiger partial charge in [-0.1, -0.05) is 0 Å². The maximum absolute atomic E-state index is 12.7. The van der Waals surface area contributed by atoms with Crippen molar-refractivity contribution in [1.29, 1.82) is 0 Å². The minimum absolute atomic E-state index is 0.131. The maximum atomic E-state index is 12.7. The van der Waals surface area contributed by atoms with Gasteiger partial charge in [-0.05, 0) is 60.5 Å². The van der Waals surface area contributed by atoms with Crippen LogP contribution in [0.5, 0.6) is 0 Å². The van der Waals surface area contributed by atoms with Crippen molar-refractivity contribution in [2.24, 2.45) is 0 Å². The molecule has 20 heavy (non-hydrogen) atoms. The molecule has 0 bridgehead atoms. The van der Waals surface area contributed by atoms with E-state index >= 15 is 0 Å². The summed E-state index contributed by atoms with van der Waals surface area (Å²) in [7, 11) is 0. The van der Waals surface area contributed by atoms with Gasteiger partial charge in [0, 0.05) is 24.5 Å². The maximum Gasteiger partial charge on any atom is 0.264 e. The van der Waals surface area contributed by atoms with E-state index in [4.69, 9.17) is 0 Å². The number of aromatic nitrogens is 1. The Morgan fingerprint density at radius 3 is 2.75 bits per heavy atom. The Labute approximate surface area is 131 Å². The molecule has 0 spiro atoms. The zero-order valence-corrected chi connectivity index (χ0v) is 14.2. The van der Waals surface area contributed by atoms with Crippen LogP contribution in [0, 0.1) is 13.8 Å². The van der Waals surface area contributed by atoms with Crippen LogP contribution in [-0.2, 0) is 6.54 Å². The van der Waals surface area contributed by atoms with Crippen LogP contribution in [0.1, 0.15) is 39.6 Å². The lowest BCUT2D eigenvalue weighted by molar-refractivity contribution is 0.0648. The molecular weight excluding hydrogens is 336 g/mol. The highest BCUT2D eigenvalue weighted by molar-refractivity contribution is 9.11. The normalized spacial score (nSPS) is 18.2. The van der Waals surface area contributed by atoms with Crippen molar-refractivity contribution < 1.29 is 4.79 Å². The van der Waals surface area contributed by atoms with Crippen molar-refractivity contribution >= 4 is 33.2 Å². The van der Waals surface area contributed by atoms with Crippen LogP contribution in [0.15, 0.2) is 22.0 Å². The number of aryl methyl sites for hydroxylation is 2. The average Bonchev–Trinajstić information content (AvgIpc) is 2.95. The van der Waals surface area contributed by atoms with Crippen LogP contribution in [-0.4, -0.2) is 21.9 Å². The lowest BCUT2D eigenvalue weighted by Crippen LogP contribution is -2.40. The van der Waals surface area contributed by atoms with Gasteiger partial charge >= 0.3 is 0 Å². The third-order valence-electron chi connectivity index (χ3n) is 4.02. The van der Waals surface area contributed by atoms with Crippen molar-refractivity contribution in [2.75, 3.05) is 6.54 Å². The molecule has 2 aromatic rings. The molecule has 1 unspecified atom stereocenters. The molecule has 1 atom stereocenters. The molecule has 0 saturated heterocycles. The molecule has 1 aliphatic heterocycles. The van der Waals surface area contributed by atoms with E-state index in [9.17, 15) is 4.79 Å². The van der Waals surface area contributed by atoms with Gasteiger partial charge in [0.25, 0.3) is 5.91 Å². The van der Waals surface area contributed by atoms with Crippen molar-refractivity contribution in [3.63, 3.8) is 0 Å². The monoisotopic (exact) mass is 352 g/mol. The van der Waals surface area contributed by atoms with Crippen LogP contribution in [0.3, 0.4) is 0 Å². The first kappa shape index (κ1) is 13.9. The number of fused-ring (bicyclic) bond motifs is 1. The van der Waals surface area contributed by atoms with Gasteiger partial charge in [-0.2, -0.15) is 0 Å². The summed E-state index contributed by atoms with van der Waals surface area (Å²) in [6.07, 6.45) is 0. The fraction of sp³-hybridized carbons (Fsp3) is 0.400. The summed E-state index contributed by atoms with van der Waals surface area (Å²) in [5.41, 5.74) is 3.63. The molecule has 1 aliphatic rings. The first-order chi connectivity index (χ1) is 9.49. The third kappa shape index (κ3) is 2.13. The first-order valence-corrected chi connectivity index (χ1v) is 8.33. The Morgan fingerprint density at radius 1 is 1.35 bits per heavy atom. The molecule has 0 saturated carbocycles. The van der Waals surface area contributed by atoms with Crippen molar-refractivity contribution in [3.8, 4) is 0 Å². The SMILES string of the molecule is Cc1cc(C(=O)N2CCn3c(C)ccc3C2C)sc1Br. The molecular formula is C15H17BrN2OS. The Morgan fingerprint density at radius 2 is 2.10 bits per heavy atom. The lowest BCUT2D eigenvalue weighted by atomic mass is 10.1. The second-order valence-corrected chi connectivity index (χ2v) is 7.66. The van der Waals surface area contributed by atoms with E-state index in [1.54, 1.807) is 0 Å². The minimum atomic E-state index is 0.131. The largest absolute Gasteiger partial charge is 0.345 e. The van der Waals surface area contributed by atoms with E-state index in [1.165, 1.54) is 22.7 Å². The molecule has 2 aromatic heterocycles. The highest BCUT2D eigenvalue weighted by Crippen LogP contribution is 2.32. The van der Waals surface area contributed by atoms with E-state index in [-0.39, 0.29) is 11.9 Å². The van der Waals surface area contributed by atoms with Gasteiger partial charge < -0.3 is 9.47 Å². The summed E-state index contributed by atoms with van der Waals surface area (Å²) < 4.78 is 3.36. The minimum Gasteiger partial charge on any atom is -0.345 e. The first-order valence-electron chi connectivity index (χ1n) is 6.72. The Balaban J connectivity index is 1.90. The zero-order chi connectivity index (χ0) is 14.4. The van der Waals surface area contributed by atoms with E-state index in [2.05, 4.69) is 46.5 Å². The molecule has 0 radical (unpaired) electrons. The number of nitrogens with zero attached hydrogens (tertiary/aromatic N) is 2. The average molecular weight is 353 g/mol. The topological polar surface area (TPSA) is 25.2 Å². The Bertz CT molecular complexity index is 654. The number of thiophene rings is 1. The molecule has 1 amide bonds. The summed E-state index contributed by atoms with van der Waals surface area (Å²) in [5.74, 6) is 0.140. The van der Waals surface area contributed by atoms with Crippen molar-refractivity contribution in [2.45, 2.75) is 33.4 Å². The van der Waals surface area contributed by atoms with Gasteiger partial charge in [-0.25, -0.2) is 0 Å². The van der Waals surface area contributed by atoms with Crippen LogP contribution in [0.2, 0.25) is 0 Å². The summed E-state index contributed by atoms with van der Waals surface area (Å²) in [6.45, 7) is 7.91. The van der Waals surface area contributed by atoms with Crippen molar-refractivity contribution in [1.82, 2.24) is 9.47 Å². The second-order valence-electron chi connectivity index (χ2n) is 5.29. The fourth-order valence-electron chi connectivity index (χ4n) is 2.81. The quantitative estimate of drug-likeness (QED) is 0.756. The predicted octanol–water partition coefficient (Wildman–Crippen LogP) is 4.15. The lowest BCUT2D eigenvalue weighted by Gasteiger charge is -2.35. The molecule has 3 nitrogen and oxygen atoms in total. The smallest absolute Gasteiger partial charge is 0.264 e. The summed E-state index contributed by atoms with van der Waals surface area (Å²) in [5, 5.41) is 0. The van der Waals surface area contributed by atoms with E-state index in [0.29, 0.717) is 0 Å². The number of rotatable bonds is 1. The van der Waals surface area contributed by atoms with Gasteiger partial charge in [-0.15, -0.1) is 11.3 Å². The predicted molar refractivity (Wildman–Crippen MR) is 85.4 cm³/mol. The van der Waals surface area contributed by atoms with Gasteiger partial charge in [0.2, 0.25) is 0 Å². The van der Waals surface area contributed by atoms with Crippen LogP contribution in [0.25, 0.3) is 0 Å². The number of amides is 1. The van der Waals surface area contributed by atoms with E-state index in [0.717, 1.165) is 27.3 Å². The summed E-state index contributed by atoms with van der Waals surface area (Å²) in [6, 6.07) is 6.37. The van der Waals surface area contributed by atoms with Gasteiger partial charge in [0.1, 0.15) is 0 Å². The Hall–Kier alpha value is -1.07. The number of carbonyl (C=O) groups is 1. The summed E-state index contributed by atoms with van der Waals surface area (Å²) in [4.78, 5) is 15.5. The molecule has 3 rings (SSSR count). The van der Waals surface area contributed by atoms with Crippen LogP contribution < -0.4 is 0 Å². The van der Waals surface area contributed by atoms with Crippen molar-refractivity contribution in [3.05, 3.63) is 43.8 Å². The van der Waals surface area contributed by atoms with E-state index < -0.39 is 0 Å². The molecule has 3 heterocycles. The fourth-order valence-corrected chi connectivity index (χ4v) is 4.30. The Kier molecular flexibility index (Phi) is 3.50. The number of halogens is 1. The number of hydrogen-bond acceptors (Lipinski definition) is 2. The molecule has 0 aliphatic carbocycles. The number of carbonyl (C=O) groups excluding carboxylic acids is 1. The molecule has 5 heteroatoms. The van der Waals surface area contributed by atoms with Gasteiger partial charge in [-0.3, -0.25) is 4.79 Å².